The Hall–Kier alpha value is -0.800. The molecule has 0 aliphatic heterocycles. The van der Waals surface area contributed by atoms with Gasteiger partial charge in [-0.25, -0.2) is 0 Å². The Labute approximate surface area is 79.3 Å². The van der Waals surface area contributed by atoms with Gasteiger partial charge in [-0.2, -0.15) is 0 Å². The van der Waals surface area contributed by atoms with Crippen LogP contribution in [0.3, 0.4) is 0 Å². The third kappa shape index (κ3) is 3.20. The van der Waals surface area contributed by atoms with Crippen LogP contribution in [-0.2, 0) is 22.9 Å². The van der Waals surface area contributed by atoms with E-state index in [1.165, 1.54) is 5.69 Å². The van der Waals surface area contributed by atoms with E-state index in [1.54, 1.807) is 7.11 Å². The molecule has 0 aliphatic rings. The molecule has 0 spiro atoms. The summed E-state index contributed by atoms with van der Waals surface area (Å²) in [6.45, 7) is 2.60. The fourth-order valence-electron chi connectivity index (χ4n) is 1.15. The molecule has 1 aromatic heterocycles. The molecule has 0 radical (unpaired) electrons. The summed E-state index contributed by atoms with van der Waals surface area (Å²) in [5.74, 6) is 0. The summed E-state index contributed by atoms with van der Waals surface area (Å²) in [6, 6.07) is 4.13. The largest absolute Gasteiger partial charge is 0.356 e. The van der Waals surface area contributed by atoms with Gasteiger partial charge in [0.15, 0.2) is 6.29 Å². The monoisotopic (exact) mass is 183 g/mol. The first-order valence-corrected chi connectivity index (χ1v) is 4.48. The lowest BCUT2D eigenvalue weighted by Crippen LogP contribution is -2.13. The van der Waals surface area contributed by atoms with Crippen LogP contribution in [0.1, 0.15) is 12.6 Å². The second-order valence-electron chi connectivity index (χ2n) is 3.03. The molecule has 0 aromatic carbocycles. The first kappa shape index (κ1) is 10.3. The number of rotatable bonds is 5. The van der Waals surface area contributed by atoms with E-state index in [4.69, 9.17) is 9.47 Å². The van der Waals surface area contributed by atoms with Crippen LogP contribution in [0, 0.1) is 0 Å². The molecule has 13 heavy (non-hydrogen) atoms. The van der Waals surface area contributed by atoms with Crippen LogP contribution in [0.4, 0.5) is 0 Å². The van der Waals surface area contributed by atoms with E-state index in [1.807, 2.05) is 26.2 Å². The molecule has 0 amide bonds. The van der Waals surface area contributed by atoms with Crippen LogP contribution < -0.4 is 0 Å². The molecule has 3 heteroatoms. The van der Waals surface area contributed by atoms with Crippen LogP contribution in [0.15, 0.2) is 18.3 Å². The molecular formula is C10H17NO2. The molecule has 0 saturated carbocycles. The molecule has 1 rings (SSSR count). The van der Waals surface area contributed by atoms with Crippen molar-refractivity contribution >= 4 is 0 Å². The van der Waals surface area contributed by atoms with Crippen molar-refractivity contribution in [3.63, 3.8) is 0 Å². The topological polar surface area (TPSA) is 23.4 Å². The standard InChI is InChI=1S/C10H17NO2/c1-9(12-3)13-8-6-10-5-4-7-11(10)2/h4-5,7,9H,6,8H2,1-3H3. The van der Waals surface area contributed by atoms with Gasteiger partial charge in [-0.3, -0.25) is 0 Å². The van der Waals surface area contributed by atoms with Gasteiger partial charge in [0.2, 0.25) is 0 Å². The molecule has 1 unspecified atom stereocenters. The van der Waals surface area contributed by atoms with Crippen molar-refractivity contribution in [1.29, 1.82) is 0 Å². The zero-order chi connectivity index (χ0) is 9.68. The average molecular weight is 183 g/mol. The van der Waals surface area contributed by atoms with Crippen LogP contribution in [-0.4, -0.2) is 24.6 Å². The Morgan fingerprint density at radius 1 is 1.54 bits per heavy atom. The van der Waals surface area contributed by atoms with Gasteiger partial charge >= 0.3 is 0 Å². The maximum absolute atomic E-state index is 5.38. The Balaban J connectivity index is 2.24. The zero-order valence-electron chi connectivity index (χ0n) is 8.49. The van der Waals surface area contributed by atoms with Gasteiger partial charge in [0.05, 0.1) is 6.61 Å². The minimum Gasteiger partial charge on any atom is -0.356 e. The predicted octanol–water partition coefficient (Wildman–Crippen LogP) is 1.58. The average Bonchev–Trinajstić information content (AvgIpc) is 2.52. The van der Waals surface area contributed by atoms with Crippen molar-refractivity contribution in [3.05, 3.63) is 24.0 Å². The minimum absolute atomic E-state index is 0.111. The van der Waals surface area contributed by atoms with E-state index in [0.717, 1.165) is 6.42 Å². The number of methoxy groups -OCH3 is 1. The number of aromatic nitrogens is 1. The smallest absolute Gasteiger partial charge is 0.154 e. The van der Waals surface area contributed by atoms with Gasteiger partial charge in [0, 0.05) is 32.5 Å². The summed E-state index contributed by atoms with van der Waals surface area (Å²) in [4.78, 5) is 0. The number of hydrogen-bond acceptors (Lipinski definition) is 2. The molecule has 3 nitrogen and oxygen atoms in total. The quantitative estimate of drug-likeness (QED) is 0.647. The van der Waals surface area contributed by atoms with Crippen molar-refractivity contribution in [1.82, 2.24) is 4.57 Å². The number of ether oxygens (including phenoxy) is 2. The van der Waals surface area contributed by atoms with Gasteiger partial charge in [-0.15, -0.1) is 0 Å². The van der Waals surface area contributed by atoms with Crippen molar-refractivity contribution in [2.24, 2.45) is 7.05 Å². The summed E-state index contributed by atoms with van der Waals surface area (Å²) < 4.78 is 12.5. The van der Waals surface area contributed by atoms with Gasteiger partial charge < -0.3 is 14.0 Å². The van der Waals surface area contributed by atoms with Gasteiger partial charge in [-0.05, 0) is 19.1 Å². The maximum Gasteiger partial charge on any atom is 0.154 e. The minimum atomic E-state index is -0.111. The highest BCUT2D eigenvalue weighted by molar-refractivity contribution is 5.06. The zero-order valence-corrected chi connectivity index (χ0v) is 8.49. The SMILES string of the molecule is COC(C)OCCc1cccn1C. The van der Waals surface area contributed by atoms with Crippen molar-refractivity contribution in [2.45, 2.75) is 19.6 Å². The Morgan fingerprint density at radius 3 is 2.85 bits per heavy atom. The van der Waals surface area contributed by atoms with Crippen LogP contribution in [0.2, 0.25) is 0 Å². The highest BCUT2D eigenvalue weighted by Crippen LogP contribution is 2.01. The van der Waals surface area contributed by atoms with E-state index in [-0.39, 0.29) is 6.29 Å². The Morgan fingerprint density at radius 2 is 2.31 bits per heavy atom. The highest BCUT2D eigenvalue weighted by Gasteiger charge is 2.00. The molecule has 0 saturated heterocycles. The van der Waals surface area contributed by atoms with E-state index >= 15 is 0 Å². The number of aryl methyl sites for hydroxylation is 1. The lowest BCUT2D eigenvalue weighted by atomic mass is 10.3. The second kappa shape index (κ2) is 5.04. The first-order chi connectivity index (χ1) is 6.24. The van der Waals surface area contributed by atoms with E-state index in [0.29, 0.717) is 6.61 Å². The fourth-order valence-corrected chi connectivity index (χ4v) is 1.15. The fraction of sp³-hybridized carbons (Fsp3) is 0.600. The molecule has 0 N–H and O–H groups in total. The Bertz CT molecular complexity index is 245. The molecule has 0 fully saturated rings. The molecule has 0 aliphatic carbocycles. The summed E-state index contributed by atoms with van der Waals surface area (Å²) >= 11 is 0. The number of hydrogen-bond donors (Lipinski definition) is 0. The third-order valence-electron chi connectivity index (χ3n) is 2.09. The van der Waals surface area contributed by atoms with Gasteiger partial charge in [-0.1, -0.05) is 0 Å². The van der Waals surface area contributed by atoms with Gasteiger partial charge in [0.1, 0.15) is 0 Å². The van der Waals surface area contributed by atoms with Crippen LogP contribution in [0.25, 0.3) is 0 Å². The van der Waals surface area contributed by atoms with Crippen molar-refractivity contribution < 1.29 is 9.47 Å². The highest BCUT2D eigenvalue weighted by atomic mass is 16.7. The van der Waals surface area contributed by atoms with E-state index in [9.17, 15) is 0 Å². The molecule has 1 atom stereocenters. The van der Waals surface area contributed by atoms with Crippen LogP contribution in [0.5, 0.6) is 0 Å². The summed E-state index contributed by atoms with van der Waals surface area (Å²) in [5.41, 5.74) is 1.28. The van der Waals surface area contributed by atoms with Gasteiger partial charge in [0.25, 0.3) is 0 Å². The summed E-state index contributed by atoms with van der Waals surface area (Å²) in [6.07, 6.45) is 2.85. The molecule has 0 bridgehead atoms. The molecule has 1 aromatic rings. The molecule has 1 heterocycles. The Kier molecular flexibility index (Phi) is 3.99. The molecule has 74 valence electrons. The maximum atomic E-state index is 5.38. The van der Waals surface area contributed by atoms with Crippen molar-refractivity contribution in [3.8, 4) is 0 Å². The molecular weight excluding hydrogens is 166 g/mol. The number of nitrogens with zero attached hydrogens (tertiary/aromatic N) is 1. The van der Waals surface area contributed by atoms with E-state index < -0.39 is 0 Å². The second-order valence-corrected chi connectivity index (χ2v) is 3.03. The predicted molar refractivity (Wildman–Crippen MR) is 51.5 cm³/mol. The lowest BCUT2D eigenvalue weighted by Gasteiger charge is -2.10. The van der Waals surface area contributed by atoms with E-state index in [2.05, 4.69) is 10.6 Å². The summed E-state index contributed by atoms with van der Waals surface area (Å²) in [7, 11) is 3.68. The first-order valence-electron chi connectivity index (χ1n) is 4.48. The van der Waals surface area contributed by atoms with Crippen LogP contribution >= 0.6 is 0 Å². The normalized spacial score (nSPS) is 13.2. The summed E-state index contributed by atoms with van der Waals surface area (Å²) in [5, 5.41) is 0. The lowest BCUT2D eigenvalue weighted by molar-refractivity contribution is -0.110. The van der Waals surface area contributed by atoms with Crippen molar-refractivity contribution in [2.75, 3.05) is 13.7 Å². The third-order valence-corrected chi connectivity index (χ3v) is 2.09.